The Balaban J connectivity index is 2.42. The molecule has 0 saturated heterocycles. The molecule has 0 aliphatic heterocycles. The SMILES string of the molecule is CC(C)c1nc(C(=O)N[C@@H](C)C(=O)O)nn1-c1ccccc1Cl. The number of amides is 1. The number of rotatable bonds is 5. The summed E-state index contributed by atoms with van der Waals surface area (Å²) in [5.41, 5.74) is 0.607. The molecule has 122 valence electrons. The molecule has 1 amide bonds. The fourth-order valence-electron chi connectivity index (χ4n) is 1.92. The van der Waals surface area contributed by atoms with Gasteiger partial charge >= 0.3 is 5.97 Å². The second-order valence-corrected chi connectivity index (χ2v) is 5.75. The molecule has 0 spiro atoms. The Hall–Kier alpha value is -2.41. The smallest absolute Gasteiger partial charge is 0.325 e. The minimum absolute atomic E-state index is 0.00257. The van der Waals surface area contributed by atoms with E-state index in [1.807, 2.05) is 13.8 Å². The summed E-state index contributed by atoms with van der Waals surface area (Å²) in [7, 11) is 0. The van der Waals surface area contributed by atoms with Crippen molar-refractivity contribution in [1.82, 2.24) is 20.1 Å². The molecular weight excluding hydrogens is 320 g/mol. The van der Waals surface area contributed by atoms with Crippen LogP contribution in [0, 0.1) is 0 Å². The number of nitrogens with one attached hydrogen (secondary N) is 1. The molecule has 0 radical (unpaired) electrons. The first-order valence-corrected chi connectivity index (χ1v) is 7.44. The molecule has 0 aliphatic carbocycles. The minimum atomic E-state index is -1.13. The molecule has 1 atom stereocenters. The summed E-state index contributed by atoms with van der Waals surface area (Å²) in [6, 6.07) is 6.05. The van der Waals surface area contributed by atoms with Crippen LogP contribution in [0.15, 0.2) is 24.3 Å². The van der Waals surface area contributed by atoms with Crippen LogP contribution in [-0.2, 0) is 4.79 Å². The van der Waals surface area contributed by atoms with E-state index >= 15 is 0 Å². The first kappa shape index (κ1) is 17.0. The summed E-state index contributed by atoms with van der Waals surface area (Å²) in [5, 5.41) is 15.9. The second kappa shape index (κ2) is 6.78. The van der Waals surface area contributed by atoms with Gasteiger partial charge in [-0.3, -0.25) is 9.59 Å². The summed E-state index contributed by atoms with van der Waals surface area (Å²) in [5.74, 6) is -1.31. The maximum Gasteiger partial charge on any atom is 0.325 e. The topological polar surface area (TPSA) is 97.1 Å². The van der Waals surface area contributed by atoms with Crippen molar-refractivity contribution in [2.75, 3.05) is 0 Å². The van der Waals surface area contributed by atoms with Crippen LogP contribution in [0.2, 0.25) is 5.02 Å². The molecule has 0 aliphatic rings. The van der Waals surface area contributed by atoms with Crippen LogP contribution in [0.4, 0.5) is 0 Å². The molecular formula is C15H17ClN4O3. The lowest BCUT2D eigenvalue weighted by atomic mass is 10.2. The monoisotopic (exact) mass is 336 g/mol. The fraction of sp³-hybridized carbons (Fsp3) is 0.333. The van der Waals surface area contributed by atoms with Crippen LogP contribution in [0.5, 0.6) is 0 Å². The molecule has 2 N–H and O–H groups in total. The first-order chi connectivity index (χ1) is 10.8. The average Bonchev–Trinajstić information content (AvgIpc) is 2.92. The van der Waals surface area contributed by atoms with E-state index in [-0.39, 0.29) is 11.7 Å². The molecule has 7 nitrogen and oxygen atoms in total. The average molecular weight is 337 g/mol. The minimum Gasteiger partial charge on any atom is -0.480 e. The molecule has 8 heteroatoms. The van der Waals surface area contributed by atoms with Gasteiger partial charge in [-0.05, 0) is 19.1 Å². The molecule has 1 heterocycles. The Morgan fingerprint density at radius 1 is 1.26 bits per heavy atom. The van der Waals surface area contributed by atoms with Crippen LogP contribution in [0.25, 0.3) is 5.69 Å². The van der Waals surface area contributed by atoms with Gasteiger partial charge in [0, 0.05) is 5.92 Å². The van der Waals surface area contributed by atoms with Gasteiger partial charge in [0.2, 0.25) is 5.82 Å². The molecule has 1 aromatic heterocycles. The third-order valence-electron chi connectivity index (χ3n) is 3.15. The zero-order valence-electron chi connectivity index (χ0n) is 12.9. The zero-order valence-corrected chi connectivity index (χ0v) is 13.7. The Bertz CT molecular complexity index is 742. The maximum atomic E-state index is 12.1. The first-order valence-electron chi connectivity index (χ1n) is 7.06. The van der Waals surface area contributed by atoms with E-state index in [1.165, 1.54) is 11.6 Å². The third-order valence-corrected chi connectivity index (χ3v) is 3.47. The third kappa shape index (κ3) is 3.68. The Morgan fingerprint density at radius 2 is 1.91 bits per heavy atom. The van der Waals surface area contributed by atoms with Crippen molar-refractivity contribution >= 4 is 23.5 Å². The van der Waals surface area contributed by atoms with Crippen molar-refractivity contribution in [2.45, 2.75) is 32.7 Å². The molecule has 2 rings (SSSR count). The predicted octanol–water partition coefficient (Wildman–Crippen LogP) is 2.25. The largest absolute Gasteiger partial charge is 0.480 e. The second-order valence-electron chi connectivity index (χ2n) is 5.34. The van der Waals surface area contributed by atoms with Crippen LogP contribution in [0.1, 0.15) is 43.1 Å². The number of aromatic nitrogens is 3. The van der Waals surface area contributed by atoms with E-state index in [2.05, 4.69) is 15.4 Å². The number of hydrogen-bond acceptors (Lipinski definition) is 4. The lowest BCUT2D eigenvalue weighted by Gasteiger charge is -2.09. The lowest BCUT2D eigenvalue weighted by Crippen LogP contribution is -2.38. The van der Waals surface area contributed by atoms with Crippen LogP contribution in [0.3, 0.4) is 0 Å². The van der Waals surface area contributed by atoms with Crippen molar-refractivity contribution < 1.29 is 14.7 Å². The fourth-order valence-corrected chi connectivity index (χ4v) is 2.13. The lowest BCUT2D eigenvalue weighted by molar-refractivity contribution is -0.138. The highest BCUT2D eigenvalue weighted by Crippen LogP contribution is 2.23. The summed E-state index contributed by atoms with van der Waals surface area (Å²) >= 11 is 6.18. The van der Waals surface area contributed by atoms with Gasteiger partial charge in [-0.1, -0.05) is 37.6 Å². The quantitative estimate of drug-likeness (QED) is 0.872. The van der Waals surface area contributed by atoms with E-state index in [0.717, 1.165) is 0 Å². The maximum absolute atomic E-state index is 12.1. The molecule has 23 heavy (non-hydrogen) atoms. The van der Waals surface area contributed by atoms with Crippen molar-refractivity contribution in [3.8, 4) is 5.69 Å². The number of carbonyl (C=O) groups is 2. The van der Waals surface area contributed by atoms with Gasteiger partial charge in [0.05, 0.1) is 10.7 Å². The van der Waals surface area contributed by atoms with E-state index < -0.39 is 17.9 Å². The Kier molecular flexibility index (Phi) is 5.00. The highest BCUT2D eigenvalue weighted by Gasteiger charge is 2.23. The normalized spacial score (nSPS) is 12.2. The number of hydrogen-bond donors (Lipinski definition) is 2. The number of carboxylic acid groups (broad SMARTS) is 1. The van der Waals surface area contributed by atoms with E-state index in [1.54, 1.807) is 24.3 Å². The Labute approximate surface area is 138 Å². The van der Waals surface area contributed by atoms with Crippen molar-refractivity contribution in [1.29, 1.82) is 0 Å². The molecule has 0 bridgehead atoms. The summed E-state index contributed by atoms with van der Waals surface area (Å²) < 4.78 is 1.51. The number of para-hydroxylation sites is 1. The summed E-state index contributed by atoms with van der Waals surface area (Å²) in [6.45, 7) is 5.20. The Morgan fingerprint density at radius 3 is 2.48 bits per heavy atom. The number of carbonyl (C=O) groups excluding carboxylic acids is 1. The number of carboxylic acids is 1. The van der Waals surface area contributed by atoms with Gasteiger partial charge < -0.3 is 10.4 Å². The van der Waals surface area contributed by atoms with Gasteiger partial charge in [0.1, 0.15) is 11.9 Å². The number of nitrogens with zero attached hydrogens (tertiary/aromatic N) is 3. The van der Waals surface area contributed by atoms with Crippen molar-refractivity contribution in [2.24, 2.45) is 0 Å². The molecule has 0 fully saturated rings. The van der Waals surface area contributed by atoms with E-state index in [9.17, 15) is 9.59 Å². The summed E-state index contributed by atoms with van der Waals surface area (Å²) in [6.07, 6.45) is 0. The van der Waals surface area contributed by atoms with E-state index in [4.69, 9.17) is 16.7 Å². The van der Waals surface area contributed by atoms with Gasteiger partial charge in [-0.15, -0.1) is 5.10 Å². The summed E-state index contributed by atoms with van der Waals surface area (Å²) in [4.78, 5) is 27.2. The number of benzene rings is 1. The number of halogens is 1. The van der Waals surface area contributed by atoms with Gasteiger partial charge in [0.15, 0.2) is 0 Å². The van der Waals surface area contributed by atoms with Crippen LogP contribution < -0.4 is 5.32 Å². The van der Waals surface area contributed by atoms with Crippen LogP contribution in [-0.4, -0.2) is 37.8 Å². The van der Waals surface area contributed by atoms with Gasteiger partial charge in [-0.2, -0.15) is 0 Å². The van der Waals surface area contributed by atoms with Gasteiger partial charge in [0.25, 0.3) is 5.91 Å². The van der Waals surface area contributed by atoms with Gasteiger partial charge in [-0.25, -0.2) is 9.67 Å². The van der Waals surface area contributed by atoms with E-state index in [0.29, 0.717) is 16.5 Å². The number of aliphatic carboxylic acids is 1. The molecule has 0 saturated carbocycles. The molecule has 2 aromatic rings. The highest BCUT2D eigenvalue weighted by molar-refractivity contribution is 6.32. The van der Waals surface area contributed by atoms with Crippen molar-refractivity contribution in [3.63, 3.8) is 0 Å². The highest BCUT2D eigenvalue weighted by atomic mass is 35.5. The molecule has 0 unspecified atom stereocenters. The van der Waals surface area contributed by atoms with Crippen molar-refractivity contribution in [3.05, 3.63) is 40.9 Å². The standard InChI is InChI=1S/C15H17ClN4O3/c1-8(2)13-18-12(14(21)17-9(3)15(22)23)19-20(13)11-7-5-4-6-10(11)16/h4-9H,1-3H3,(H,17,21)(H,22,23)/t9-/m0/s1. The predicted molar refractivity (Wildman–Crippen MR) is 85.0 cm³/mol. The van der Waals surface area contributed by atoms with Crippen LogP contribution >= 0.6 is 11.6 Å². The molecule has 1 aromatic carbocycles. The zero-order chi connectivity index (χ0) is 17.1.